The van der Waals surface area contributed by atoms with Crippen LogP contribution in [0.2, 0.25) is 0 Å². The topological polar surface area (TPSA) is 18.5 Å². The number of benzene rings is 2. The molecule has 2 aromatic carbocycles. The van der Waals surface area contributed by atoms with Crippen LogP contribution in [-0.4, -0.2) is 14.2 Å². The Labute approximate surface area is 134 Å². The van der Waals surface area contributed by atoms with Gasteiger partial charge >= 0.3 is 0 Å². The van der Waals surface area contributed by atoms with Crippen molar-refractivity contribution in [3.05, 3.63) is 59.2 Å². The average molecular weight is 298 g/mol. The fourth-order valence-corrected chi connectivity index (χ4v) is 2.64. The highest BCUT2D eigenvalue weighted by Gasteiger charge is 2.05. The van der Waals surface area contributed by atoms with Gasteiger partial charge in [-0.1, -0.05) is 44.2 Å². The Kier molecular flexibility index (Phi) is 5.88. The molecule has 0 spiro atoms. The highest BCUT2D eigenvalue weighted by molar-refractivity contribution is 5.42. The molecule has 0 bridgehead atoms. The molecule has 2 nitrogen and oxygen atoms in total. The number of hydrogen-bond acceptors (Lipinski definition) is 2. The summed E-state index contributed by atoms with van der Waals surface area (Å²) in [6.07, 6.45) is 3.29. The van der Waals surface area contributed by atoms with Crippen LogP contribution in [0.3, 0.4) is 0 Å². The van der Waals surface area contributed by atoms with Gasteiger partial charge < -0.3 is 9.47 Å². The summed E-state index contributed by atoms with van der Waals surface area (Å²) in [5.74, 6) is 2.18. The van der Waals surface area contributed by atoms with Gasteiger partial charge in [0.1, 0.15) is 0 Å². The molecule has 0 N–H and O–H groups in total. The lowest BCUT2D eigenvalue weighted by atomic mass is 9.98. The first kappa shape index (κ1) is 16.4. The van der Waals surface area contributed by atoms with Crippen LogP contribution in [0.15, 0.2) is 42.5 Å². The van der Waals surface area contributed by atoms with Crippen LogP contribution in [0.25, 0.3) is 0 Å². The molecule has 0 fully saturated rings. The monoisotopic (exact) mass is 298 g/mol. The van der Waals surface area contributed by atoms with Gasteiger partial charge in [0.05, 0.1) is 14.2 Å². The van der Waals surface area contributed by atoms with E-state index in [1.54, 1.807) is 14.2 Å². The Bertz CT molecular complexity index is 602. The van der Waals surface area contributed by atoms with Crippen molar-refractivity contribution in [2.45, 2.75) is 39.0 Å². The number of aryl methyl sites for hydroxylation is 2. The summed E-state index contributed by atoms with van der Waals surface area (Å²) in [5.41, 5.74) is 4.13. The van der Waals surface area contributed by atoms with Crippen LogP contribution in [0, 0.1) is 0 Å². The normalized spacial score (nSPS) is 10.8. The lowest BCUT2D eigenvalue weighted by Gasteiger charge is -2.10. The zero-order valence-corrected chi connectivity index (χ0v) is 14.1. The van der Waals surface area contributed by atoms with Gasteiger partial charge in [0.15, 0.2) is 11.5 Å². The van der Waals surface area contributed by atoms with E-state index in [2.05, 4.69) is 50.2 Å². The summed E-state index contributed by atoms with van der Waals surface area (Å²) in [6, 6.07) is 15.1. The molecule has 2 heteroatoms. The lowest BCUT2D eigenvalue weighted by molar-refractivity contribution is 0.354. The Hall–Kier alpha value is -1.96. The van der Waals surface area contributed by atoms with Crippen molar-refractivity contribution in [3.63, 3.8) is 0 Å². The van der Waals surface area contributed by atoms with Crippen molar-refractivity contribution in [1.82, 2.24) is 0 Å². The molecule has 0 aliphatic carbocycles. The second-order valence-corrected chi connectivity index (χ2v) is 5.94. The van der Waals surface area contributed by atoms with Gasteiger partial charge in [-0.3, -0.25) is 0 Å². The number of ether oxygens (including phenoxy) is 2. The van der Waals surface area contributed by atoms with E-state index in [0.717, 1.165) is 30.8 Å². The molecule has 2 rings (SSSR count). The third-order valence-corrected chi connectivity index (χ3v) is 4.00. The van der Waals surface area contributed by atoms with Gasteiger partial charge in [-0.2, -0.15) is 0 Å². The van der Waals surface area contributed by atoms with E-state index < -0.39 is 0 Å². The molecule has 0 aliphatic rings. The van der Waals surface area contributed by atoms with Gasteiger partial charge in [0.2, 0.25) is 0 Å². The maximum absolute atomic E-state index is 5.36. The Morgan fingerprint density at radius 2 is 1.50 bits per heavy atom. The predicted molar refractivity (Wildman–Crippen MR) is 92.1 cm³/mol. The van der Waals surface area contributed by atoms with Crippen molar-refractivity contribution in [1.29, 1.82) is 0 Å². The summed E-state index contributed by atoms with van der Waals surface area (Å²) in [4.78, 5) is 0. The highest BCUT2D eigenvalue weighted by atomic mass is 16.5. The second-order valence-electron chi connectivity index (χ2n) is 5.94. The Balaban J connectivity index is 1.95. The number of hydrogen-bond donors (Lipinski definition) is 0. The van der Waals surface area contributed by atoms with Crippen molar-refractivity contribution < 1.29 is 9.47 Å². The van der Waals surface area contributed by atoms with E-state index in [1.807, 2.05) is 6.07 Å². The minimum Gasteiger partial charge on any atom is -0.493 e. The largest absolute Gasteiger partial charge is 0.493 e. The van der Waals surface area contributed by atoms with Crippen LogP contribution in [0.5, 0.6) is 11.5 Å². The fraction of sp³-hybridized carbons (Fsp3) is 0.400. The maximum atomic E-state index is 5.36. The molecule has 22 heavy (non-hydrogen) atoms. The predicted octanol–water partition coefficient (Wildman–Crippen LogP) is 5.00. The lowest BCUT2D eigenvalue weighted by Crippen LogP contribution is -1.95. The molecule has 0 amide bonds. The van der Waals surface area contributed by atoms with Crippen LogP contribution < -0.4 is 9.47 Å². The summed E-state index contributed by atoms with van der Waals surface area (Å²) in [7, 11) is 3.35. The fourth-order valence-electron chi connectivity index (χ4n) is 2.64. The van der Waals surface area contributed by atoms with Gasteiger partial charge in [-0.05, 0) is 54.0 Å². The van der Waals surface area contributed by atoms with Gasteiger partial charge in [-0.25, -0.2) is 0 Å². The third-order valence-electron chi connectivity index (χ3n) is 4.00. The molecule has 0 saturated carbocycles. The van der Waals surface area contributed by atoms with Crippen LogP contribution >= 0.6 is 0 Å². The summed E-state index contributed by atoms with van der Waals surface area (Å²) in [6.45, 7) is 4.48. The van der Waals surface area contributed by atoms with Crippen molar-refractivity contribution in [2.24, 2.45) is 0 Å². The minimum atomic E-state index is 0.589. The first-order valence-electron chi connectivity index (χ1n) is 7.93. The van der Waals surface area contributed by atoms with E-state index in [-0.39, 0.29) is 0 Å². The molecule has 118 valence electrons. The zero-order chi connectivity index (χ0) is 15.9. The number of methoxy groups -OCH3 is 2. The Morgan fingerprint density at radius 3 is 2.14 bits per heavy atom. The summed E-state index contributed by atoms with van der Waals surface area (Å²) >= 11 is 0. The van der Waals surface area contributed by atoms with Crippen LogP contribution in [-0.2, 0) is 12.8 Å². The molecule has 0 saturated heterocycles. The maximum Gasteiger partial charge on any atom is 0.160 e. The van der Waals surface area contributed by atoms with E-state index in [9.17, 15) is 0 Å². The van der Waals surface area contributed by atoms with Crippen molar-refractivity contribution >= 4 is 0 Å². The minimum absolute atomic E-state index is 0.589. The molecule has 0 radical (unpaired) electrons. The summed E-state index contributed by atoms with van der Waals surface area (Å²) in [5, 5.41) is 0. The van der Waals surface area contributed by atoms with Gasteiger partial charge in [0, 0.05) is 0 Å². The van der Waals surface area contributed by atoms with Crippen molar-refractivity contribution in [3.8, 4) is 11.5 Å². The van der Waals surface area contributed by atoms with Gasteiger partial charge in [0.25, 0.3) is 0 Å². The zero-order valence-electron chi connectivity index (χ0n) is 14.1. The number of rotatable bonds is 7. The molecule has 0 unspecified atom stereocenters. The SMILES string of the molecule is COc1ccc(CCCc2cccc(C(C)C)c2)cc1OC. The van der Waals surface area contributed by atoms with Crippen LogP contribution in [0.1, 0.15) is 42.9 Å². The van der Waals surface area contributed by atoms with E-state index >= 15 is 0 Å². The molecule has 0 aliphatic heterocycles. The summed E-state index contributed by atoms with van der Waals surface area (Å²) < 4.78 is 10.6. The third kappa shape index (κ3) is 4.27. The smallest absolute Gasteiger partial charge is 0.160 e. The van der Waals surface area contributed by atoms with E-state index in [4.69, 9.17) is 9.47 Å². The molecular weight excluding hydrogens is 272 g/mol. The molecular formula is C20H26O2. The molecule has 2 aromatic rings. The molecule has 0 heterocycles. The quantitative estimate of drug-likeness (QED) is 0.716. The Morgan fingerprint density at radius 1 is 0.818 bits per heavy atom. The molecule has 0 atom stereocenters. The second kappa shape index (κ2) is 7.88. The highest BCUT2D eigenvalue weighted by Crippen LogP contribution is 2.28. The molecule has 0 aromatic heterocycles. The van der Waals surface area contributed by atoms with Gasteiger partial charge in [-0.15, -0.1) is 0 Å². The van der Waals surface area contributed by atoms with E-state index in [1.165, 1.54) is 16.7 Å². The average Bonchev–Trinajstić information content (AvgIpc) is 2.55. The standard InChI is InChI=1S/C20H26O2/c1-15(2)18-10-6-9-16(13-18)7-5-8-17-11-12-19(21-3)20(14-17)22-4/h6,9-15H,5,7-8H2,1-4H3. The first-order valence-corrected chi connectivity index (χ1v) is 7.93. The van der Waals surface area contributed by atoms with E-state index in [0.29, 0.717) is 5.92 Å². The van der Waals surface area contributed by atoms with Crippen molar-refractivity contribution in [2.75, 3.05) is 14.2 Å². The van der Waals surface area contributed by atoms with Crippen LogP contribution in [0.4, 0.5) is 0 Å². The first-order chi connectivity index (χ1) is 10.6.